The van der Waals surface area contributed by atoms with Crippen LogP contribution in [0, 0.1) is 0 Å². The number of hydrogen-bond donors (Lipinski definition) is 0. The SMILES string of the molecule is CCOc1ccc(-n2nnnc2SC)cc1. The zero-order chi connectivity index (χ0) is 11.4. The van der Waals surface area contributed by atoms with Crippen LogP contribution in [-0.4, -0.2) is 33.1 Å². The average molecular weight is 236 g/mol. The minimum absolute atomic E-state index is 0.667. The molecule has 1 heterocycles. The summed E-state index contributed by atoms with van der Waals surface area (Å²) in [6.45, 7) is 2.63. The number of benzene rings is 1. The van der Waals surface area contributed by atoms with E-state index in [-0.39, 0.29) is 0 Å². The summed E-state index contributed by atoms with van der Waals surface area (Å²) in [6.07, 6.45) is 1.94. The van der Waals surface area contributed by atoms with E-state index < -0.39 is 0 Å². The van der Waals surface area contributed by atoms with Gasteiger partial charge in [0.15, 0.2) is 0 Å². The van der Waals surface area contributed by atoms with Crippen LogP contribution in [0.25, 0.3) is 5.69 Å². The summed E-state index contributed by atoms with van der Waals surface area (Å²) in [5.74, 6) is 0.852. The lowest BCUT2D eigenvalue weighted by Gasteiger charge is -2.05. The van der Waals surface area contributed by atoms with Gasteiger partial charge in [-0.05, 0) is 47.9 Å². The van der Waals surface area contributed by atoms with Gasteiger partial charge in [-0.25, -0.2) is 0 Å². The highest BCUT2D eigenvalue weighted by Gasteiger charge is 2.06. The molecular formula is C10H12N4OS. The first-order chi connectivity index (χ1) is 7.85. The minimum Gasteiger partial charge on any atom is -0.494 e. The Kier molecular flexibility index (Phi) is 3.40. The fourth-order valence-electron chi connectivity index (χ4n) is 1.32. The highest BCUT2D eigenvalue weighted by Crippen LogP contribution is 2.18. The van der Waals surface area contributed by atoms with E-state index in [4.69, 9.17) is 4.74 Å². The van der Waals surface area contributed by atoms with Gasteiger partial charge in [-0.3, -0.25) is 0 Å². The smallest absolute Gasteiger partial charge is 0.213 e. The van der Waals surface area contributed by atoms with Crippen LogP contribution in [-0.2, 0) is 0 Å². The zero-order valence-electron chi connectivity index (χ0n) is 9.12. The molecule has 84 valence electrons. The molecule has 5 nitrogen and oxygen atoms in total. The molecule has 0 atom stereocenters. The van der Waals surface area contributed by atoms with Gasteiger partial charge < -0.3 is 4.74 Å². The highest BCUT2D eigenvalue weighted by atomic mass is 32.2. The van der Waals surface area contributed by atoms with Gasteiger partial charge >= 0.3 is 0 Å². The van der Waals surface area contributed by atoms with Gasteiger partial charge in [0.1, 0.15) is 5.75 Å². The second-order valence-corrected chi connectivity index (χ2v) is 3.78. The first-order valence-electron chi connectivity index (χ1n) is 4.90. The molecule has 0 aliphatic rings. The van der Waals surface area contributed by atoms with Gasteiger partial charge in [-0.2, -0.15) is 4.68 Å². The Morgan fingerprint density at radius 3 is 2.69 bits per heavy atom. The number of nitrogens with zero attached hydrogens (tertiary/aromatic N) is 4. The highest BCUT2D eigenvalue weighted by molar-refractivity contribution is 7.98. The van der Waals surface area contributed by atoms with Crippen molar-refractivity contribution in [3.8, 4) is 11.4 Å². The van der Waals surface area contributed by atoms with Crippen LogP contribution in [0.5, 0.6) is 5.75 Å². The van der Waals surface area contributed by atoms with E-state index in [1.54, 1.807) is 4.68 Å². The van der Waals surface area contributed by atoms with Crippen LogP contribution >= 0.6 is 11.8 Å². The van der Waals surface area contributed by atoms with Crippen LogP contribution in [0.2, 0.25) is 0 Å². The molecule has 0 saturated carbocycles. The lowest BCUT2D eigenvalue weighted by atomic mass is 10.3. The Bertz CT molecular complexity index is 454. The Balaban J connectivity index is 2.27. The Labute approximate surface area is 97.8 Å². The van der Waals surface area contributed by atoms with E-state index in [1.807, 2.05) is 37.4 Å². The molecular weight excluding hydrogens is 224 g/mol. The topological polar surface area (TPSA) is 52.8 Å². The van der Waals surface area contributed by atoms with E-state index in [1.165, 1.54) is 11.8 Å². The molecule has 1 aromatic heterocycles. The summed E-state index contributed by atoms with van der Waals surface area (Å²) in [5.41, 5.74) is 0.929. The monoisotopic (exact) mass is 236 g/mol. The van der Waals surface area contributed by atoms with E-state index >= 15 is 0 Å². The maximum atomic E-state index is 5.37. The lowest BCUT2D eigenvalue weighted by Crippen LogP contribution is -1.99. The van der Waals surface area contributed by atoms with Gasteiger partial charge in [0.25, 0.3) is 0 Å². The molecule has 0 aliphatic carbocycles. The molecule has 0 spiro atoms. The van der Waals surface area contributed by atoms with E-state index in [2.05, 4.69) is 15.5 Å². The third kappa shape index (κ3) is 2.16. The predicted octanol–water partition coefficient (Wildman–Crippen LogP) is 1.78. The molecule has 0 N–H and O–H groups in total. The largest absolute Gasteiger partial charge is 0.494 e. The lowest BCUT2D eigenvalue weighted by molar-refractivity contribution is 0.340. The summed E-state index contributed by atoms with van der Waals surface area (Å²) in [7, 11) is 0. The van der Waals surface area contributed by atoms with Crippen LogP contribution in [0.3, 0.4) is 0 Å². The Hall–Kier alpha value is -1.56. The number of rotatable bonds is 4. The summed E-state index contributed by atoms with van der Waals surface area (Å²) >= 11 is 1.51. The van der Waals surface area contributed by atoms with Crippen LogP contribution in [0.4, 0.5) is 0 Å². The molecule has 2 rings (SSSR count). The number of aromatic nitrogens is 4. The van der Waals surface area contributed by atoms with Gasteiger partial charge in [0.05, 0.1) is 12.3 Å². The minimum atomic E-state index is 0.667. The summed E-state index contributed by atoms with van der Waals surface area (Å²) < 4.78 is 7.06. The maximum Gasteiger partial charge on any atom is 0.213 e. The number of tetrazole rings is 1. The van der Waals surface area contributed by atoms with Crippen molar-refractivity contribution < 1.29 is 4.74 Å². The summed E-state index contributed by atoms with van der Waals surface area (Å²) in [5, 5.41) is 12.2. The zero-order valence-corrected chi connectivity index (χ0v) is 9.94. The van der Waals surface area contributed by atoms with Crippen LogP contribution in [0.15, 0.2) is 29.4 Å². The molecule has 0 aliphatic heterocycles. The average Bonchev–Trinajstić information content (AvgIpc) is 2.78. The van der Waals surface area contributed by atoms with Crippen molar-refractivity contribution in [2.24, 2.45) is 0 Å². The Morgan fingerprint density at radius 1 is 1.31 bits per heavy atom. The summed E-state index contributed by atoms with van der Waals surface area (Å²) in [6, 6.07) is 7.68. The number of hydrogen-bond acceptors (Lipinski definition) is 5. The van der Waals surface area contributed by atoms with Gasteiger partial charge in [0.2, 0.25) is 5.16 Å². The second kappa shape index (κ2) is 4.98. The molecule has 0 saturated heterocycles. The van der Waals surface area contributed by atoms with Crippen molar-refractivity contribution in [2.75, 3.05) is 12.9 Å². The van der Waals surface area contributed by atoms with Crippen molar-refractivity contribution in [3.05, 3.63) is 24.3 Å². The van der Waals surface area contributed by atoms with Gasteiger partial charge in [-0.15, -0.1) is 5.10 Å². The van der Waals surface area contributed by atoms with Gasteiger partial charge in [-0.1, -0.05) is 11.8 Å². The van der Waals surface area contributed by atoms with E-state index in [9.17, 15) is 0 Å². The first kappa shape index (κ1) is 10.9. The van der Waals surface area contributed by atoms with Crippen molar-refractivity contribution in [1.82, 2.24) is 20.2 Å². The fraction of sp³-hybridized carbons (Fsp3) is 0.300. The normalized spacial score (nSPS) is 10.4. The summed E-state index contributed by atoms with van der Waals surface area (Å²) in [4.78, 5) is 0. The molecule has 0 unspecified atom stereocenters. The molecule has 16 heavy (non-hydrogen) atoms. The molecule has 0 bridgehead atoms. The second-order valence-electron chi connectivity index (χ2n) is 3.00. The molecule has 0 radical (unpaired) electrons. The number of thioether (sulfide) groups is 1. The van der Waals surface area contributed by atoms with Gasteiger partial charge in [0, 0.05) is 0 Å². The maximum absolute atomic E-state index is 5.37. The standard InChI is InChI=1S/C10H12N4OS/c1-3-15-9-6-4-8(5-7-9)14-10(16-2)11-12-13-14/h4-7H,3H2,1-2H3. The van der Waals surface area contributed by atoms with Crippen molar-refractivity contribution >= 4 is 11.8 Å². The van der Waals surface area contributed by atoms with Crippen LogP contribution < -0.4 is 4.74 Å². The fourth-order valence-corrected chi connectivity index (χ4v) is 1.75. The molecule has 6 heteroatoms. The third-order valence-corrected chi connectivity index (χ3v) is 2.64. The van der Waals surface area contributed by atoms with Crippen molar-refractivity contribution in [2.45, 2.75) is 12.1 Å². The van der Waals surface area contributed by atoms with E-state index in [0.29, 0.717) is 6.61 Å². The van der Waals surface area contributed by atoms with E-state index in [0.717, 1.165) is 16.6 Å². The van der Waals surface area contributed by atoms with Crippen LogP contribution in [0.1, 0.15) is 6.92 Å². The number of ether oxygens (including phenoxy) is 1. The quantitative estimate of drug-likeness (QED) is 0.757. The first-order valence-corrected chi connectivity index (χ1v) is 6.13. The molecule has 0 fully saturated rings. The predicted molar refractivity (Wildman–Crippen MR) is 62.1 cm³/mol. The van der Waals surface area contributed by atoms with Crippen molar-refractivity contribution in [3.63, 3.8) is 0 Å². The molecule has 2 aromatic rings. The molecule has 0 amide bonds. The third-order valence-electron chi connectivity index (χ3n) is 2.02. The molecule has 1 aromatic carbocycles. The Morgan fingerprint density at radius 2 is 2.06 bits per heavy atom. The van der Waals surface area contributed by atoms with Crippen molar-refractivity contribution in [1.29, 1.82) is 0 Å².